The third-order valence-electron chi connectivity index (χ3n) is 5.57. The molecule has 164 valence electrons. The Morgan fingerprint density at radius 2 is 1.88 bits per heavy atom. The molecule has 0 aliphatic rings. The molecule has 0 fully saturated rings. The zero-order valence-electron chi connectivity index (χ0n) is 18.0. The van der Waals surface area contributed by atoms with E-state index in [0.717, 1.165) is 22.4 Å². The molecule has 3 heterocycles. The van der Waals surface area contributed by atoms with Gasteiger partial charge in [0.1, 0.15) is 0 Å². The first-order valence-corrected chi connectivity index (χ1v) is 10.6. The molecule has 0 radical (unpaired) electrons. The van der Waals surface area contributed by atoms with E-state index >= 15 is 0 Å². The molecule has 0 atom stereocenters. The van der Waals surface area contributed by atoms with Crippen LogP contribution >= 0.6 is 0 Å². The highest BCUT2D eigenvalue weighted by Gasteiger charge is 2.10. The Morgan fingerprint density at radius 3 is 2.73 bits per heavy atom. The van der Waals surface area contributed by atoms with Gasteiger partial charge in [0.2, 0.25) is 0 Å². The Balaban J connectivity index is 1.26. The fourth-order valence-corrected chi connectivity index (χ4v) is 3.73. The average molecular weight is 438 g/mol. The van der Waals surface area contributed by atoms with E-state index in [1.54, 1.807) is 19.3 Å². The Hall–Kier alpha value is -4.46. The molecule has 0 bridgehead atoms. The summed E-state index contributed by atoms with van der Waals surface area (Å²) in [5.74, 6) is -0.143. The molecule has 1 amide bonds. The maximum absolute atomic E-state index is 12.7. The number of nitrogens with one attached hydrogen (secondary N) is 2. The number of aromatic nitrogens is 5. The summed E-state index contributed by atoms with van der Waals surface area (Å²) in [5.41, 5.74) is 5.34. The number of H-pyrrole nitrogens is 1. The molecule has 3 aromatic heterocycles. The second kappa shape index (κ2) is 8.58. The van der Waals surface area contributed by atoms with Gasteiger partial charge in [0, 0.05) is 37.1 Å². The molecular weight excluding hydrogens is 416 g/mol. The van der Waals surface area contributed by atoms with Crippen molar-refractivity contribution in [1.29, 1.82) is 0 Å². The van der Waals surface area contributed by atoms with Crippen LogP contribution in [-0.4, -0.2) is 36.8 Å². The van der Waals surface area contributed by atoms with Gasteiger partial charge in [0.05, 0.1) is 17.4 Å². The molecule has 0 saturated carbocycles. The van der Waals surface area contributed by atoms with Crippen molar-refractivity contribution in [2.24, 2.45) is 7.05 Å². The van der Waals surface area contributed by atoms with Crippen molar-refractivity contribution in [2.45, 2.75) is 6.42 Å². The summed E-state index contributed by atoms with van der Waals surface area (Å²) in [4.78, 5) is 31.6. The zero-order chi connectivity index (χ0) is 22.8. The minimum absolute atomic E-state index is 0.143. The van der Waals surface area contributed by atoms with Gasteiger partial charge in [0.25, 0.3) is 5.91 Å². The summed E-state index contributed by atoms with van der Waals surface area (Å²) in [6.07, 6.45) is 6.16. The monoisotopic (exact) mass is 438 g/mol. The summed E-state index contributed by atoms with van der Waals surface area (Å²) >= 11 is 0. The second-order valence-electron chi connectivity index (χ2n) is 7.80. The molecule has 0 unspecified atom stereocenters. The lowest BCUT2D eigenvalue weighted by Gasteiger charge is -2.07. The number of pyridine rings is 1. The molecule has 0 aliphatic carbocycles. The van der Waals surface area contributed by atoms with Gasteiger partial charge in [-0.15, -0.1) is 0 Å². The molecule has 0 aliphatic heterocycles. The van der Waals surface area contributed by atoms with Gasteiger partial charge in [-0.3, -0.25) is 14.3 Å². The molecule has 5 rings (SSSR count). The third-order valence-corrected chi connectivity index (χ3v) is 5.57. The molecule has 2 N–H and O–H groups in total. The number of aryl methyl sites for hydroxylation is 1. The number of carbonyl (C=O) groups excluding carboxylic acids is 1. The lowest BCUT2D eigenvalue weighted by atomic mass is 10.0. The van der Waals surface area contributed by atoms with Crippen LogP contribution in [0.3, 0.4) is 0 Å². The summed E-state index contributed by atoms with van der Waals surface area (Å²) in [7, 11) is 1.69. The number of amides is 1. The molecule has 8 nitrogen and oxygen atoms in total. The minimum Gasteiger partial charge on any atom is -0.352 e. The summed E-state index contributed by atoms with van der Waals surface area (Å²) in [6.45, 7) is 0.503. The largest absolute Gasteiger partial charge is 0.352 e. The van der Waals surface area contributed by atoms with E-state index in [1.807, 2.05) is 71.7 Å². The Kier molecular flexibility index (Phi) is 5.32. The van der Waals surface area contributed by atoms with Gasteiger partial charge >= 0.3 is 5.69 Å². The number of carbonyl (C=O) groups is 1. The van der Waals surface area contributed by atoms with Crippen LogP contribution in [0.15, 0.2) is 84.0 Å². The van der Waals surface area contributed by atoms with Crippen molar-refractivity contribution in [3.05, 3.63) is 101 Å². The third kappa shape index (κ3) is 4.18. The molecule has 8 heteroatoms. The van der Waals surface area contributed by atoms with Gasteiger partial charge in [-0.05, 0) is 47.9 Å². The Bertz CT molecular complexity index is 1500. The van der Waals surface area contributed by atoms with E-state index in [-0.39, 0.29) is 11.6 Å². The minimum atomic E-state index is -0.211. The van der Waals surface area contributed by atoms with Gasteiger partial charge in [-0.25, -0.2) is 14.5 Å². The number of aromatic amines is 1. The van der Waals surface area contributed by atoms with Gasteiger partial charge in [0.15, 0.2) is 5.65 Å². The average Bonchev–Trinajstić information content (AvgIpc) is 3.44. The number of rotatable bonds is 6. The number of para-hydroxylation sites is 1. The normalized spacial score (nSPS) is 11.1. The molecule has 5 aromatic rings. The number of hydrogen-bond acceptors (Lipinski definition) is 4. The van der Waals surface area contributed by atoms with Gasteiger partial charge < -0.3 is 5.32 Å². The lowest BCUT2D eigenvalue weighted by Crippen LogP contribution is -2.25. The Morgan fingerprint density at radius 1 is 1.03 bits per heavy atom. The molecule has 0 saturated heterocycles. The summed E-state index contributed by atoms with van der Waals surface area (Å²) in [5, 5.41) is 7.37. The number of imidazole rings is 1. The van der Waals surface area contributed by atoms with Gasteiger partial charge in [-0.2, -0.15) is 5.10 Å². The number of benzene rings is 2. The smallest absolute Gasteiger partial charge is 0.327 e. The summed E-state index contributed by atoms with van der Waals surface area (Å²) in [6, 6.07) is 19.2. The highest BCUT2D eigenvalue weighted by molar-refractivity contribution is 5.95. The summed E-state index contributed by atoms with van der Waals surface area (Å²) < 4.78 is 3.34. The molecule has 33 heavy (non-hydrogen) atoms. The van der Waals surface area contributed by atoms with Crippen molar-refractivity contribution in [2.75, 3.05) is 6.54 Å². The highest BCUT2D eigenvalue weighted by atomic mass is 16.2. The second-order valence-corrected chi connectivity index (χ2v) is 7.80. The first-order chi connectivity index (χ1) is 16.1. The fourth-order valence-electron chi connectivity index (χ4n) is 3.73. The van der Waals surface area contributed by atoms with Crippen LogP contribution in [0.5, 0.6) is 0 Å². The standard InChI is InChI=1S/C25H22N6O2/c1-30-22-13-20(15-27-23(22)29-25(30)33)18-6-5-7-19(12-18)24(32)26-11-10-17-14-28-31(16-17)21-8-3-2-4-9-21/h2-9,12-16H,10-11H2,1H3,(H,26,32)(H,27,29,33). The van der Waals surface area contributed by atoms with E-state index in [4.69, 9.17) is 0 Å². The Labute approximate surface area is 189 Å². The van der Waals surface area contributed by atoms with E-state index < -0.39 is 0 Å². The number of fused-ring (bicyclic) bond motifs is 1. The molecular formula is C25H22N6O2. The zero-order valence-corrected chi connectivity index (χ0v) is 18.0. The quantitative estimate of drug-likeness (QED) is 0.426. The molecule has 2 aromatic carbocycles. The van der Waals surface area contributed by atoms with Crippen LogP contribution in [0.25, 0.3) is 28.0 Å². The molecule has 0 spiro atoms. The number of nitrogens with zero attached hydrogens (tertiary/aromatic N) is 4. The van der Waals surface area contributed by atoms with Crippen molar-refractivity contribution >= 4 is 17.1 Å². The van der Waals surface area contributed by atoms with Crippen LogP contribution in [-0.2, 0) is 13.5 Å². The van der Waals surface area contributed by atoms with Crippen molar-refractivity contribution < 1.29 is 4.79 Å². The van der Waals surface area contributed by atoms with E-state index in [1.165, 1.54) is 4.57 Å². The van der Waals surface area contributed by atoms with Crippen LogP contribution in [0.4, 0.5) is 0 Å². The van der Waals surface area contributed by atoms with Crippen molar-refractivity contribution in [1.82, 2.24) is 29.6 Å². The predicted octanol–water partition coefficient (Wildman–Crippen LogP) is 3.09. The van der Waals surface area contributed by atoms with Gasteiger partial charge in [-0.1, -0.05) is 30.3 Å². The maximum Gasteiger partial charge on any atom is 0.327 e. The first-order valence-electron chi connectivity index (χ1n) is 10.6. The first kappa shape index (κ1) is 20.4. The highest BCUT2D eigenvalue weighted by Crippen LogP contribution is 2.22. The fraction of sp³-hybridized carbons (Fsp3) is 0.120. The van der Waals surface area contributed by atoms with Crippen LogP contribution in [0, 0.1) is 0 Å². The van der Waals surface area contributed by atoms with E-state index in [2.05, 4.69) is 20.4 Å². The predicted molar refractivity (Wildman–Crippen MR) is 126 cm³/mol. The van der Waals surface area contributed by atoms with Crippen LogP contribution in [0.2, 0.25) is 0 Å². The SMILES string of the molecule is Cn1c(=O)[nH]c2ncc(-c3cccc(C(=O)NCCc4cnn(-c5ccccc5)c4)c3)cc21. The van der Waals surface area contributed by atoms with Crippen LogP contribution in [0.1, 0.15) is 15.9 Å². The van der Waals surface area contributed by atoms with E-state index in [9.17, 15) is 9.59 Å². The maximum atomic E-state index is 12.7. The van der Waals surface area contributed by atoms with Crippen LogP contribution < -0.4 is 11.0 Å². The van der Waals surface area contributed by atoms with Crippen molar-refractivity contribution in [3.8, 4) is 16.8 Å². The lowest BCUT2D eigenvalue weighted by molar-refractivity contribution is 0.0954. The topological polar surface area (TPSA) is 97.6 Å². The van der Waals surface area contributed by atoms with E-state index in [0.29, 0.717) is 29.7 Å². The number of hydrogen-bond donors (Lipinski definition) is 2. The van der Waals surface area contributed by atoms with Crippen molar-refractivity contribution in [3.63, 3.8) is 0 Å².